The van der Waals surface area contributed by atoms with Crippen LogP contribution in [0.1, 0.15) is 0 Å². The molecule has 0 saturated carbocycles. The van der Waals surface area contributed by atoms with Gasteiger partial charge in [-0.25, -0.2) is 0 Å². The van der Waals surface area contributed by atoms with Gasteiger partial charge < -0.3 is 0 Å². The van der Waals surface area contributed by atoms with Crippen LogP contribution in [0.15, 0.2) is 28.1 Å². The minimum atomic E-state index is -0.271. The molecule has 0 amide bonds. The number of aromatic nitrogens is 2. The standard InChI is InChI=1S/C10H6N6O/c11-4-7(5-12)14-13-6-1-2-8-9(3-6)15-16-10(8)17/h1-3,13H,(H2,15,16,17). The lowest BCUT2D eigenvalue weighted by Crippen LogP contribution is -1.98. The predicted molar refractivity (Wildman–Crippen MR) is 61.2 cm³/mol. The molecule has 0 bridgehead atoms. The average Bonchev–Trinajstić information content (AvgIpc) is 2.72. The molecule has 1 aromatic carbocycles. The van der Waals surface area contributed by atoms with Crippen LogP contribution in [0.25, 0.3) is 10.9 Å². The molecule has 0 aliphatic rings. The summed E-state index contributed by atoms with van der Waals surface area (Å²) in [6, 6.07) is 8.13. The van der Waals surface area contributed by atoms with E-state index in [2.05, 4.69) is 20.7 Å². The van der Waals surface area contributed by atoms with E-state index in [0.717, 1.165) is 0 Å². The number of hydrogen-bond donors (Lipinski definition) is 3. The Morgan fingerprint density at radius 3 is 2.76 bits per heavy atom. The number of H-pyrrole nitrogens is 2. The number of nitrogens with zero attached hydrogens (tertiary/aromatic N) is 3. The first-order chi connectivity index (χ1) is 8.24. The number of nitriles is 2. The number of fused-ring (bicyclic) bond motifs is 1. The lowest BCUT2D eigenvalue weighted by Gasteiger charge is -1.98. The molecule has 0 saturated heterocycles. The van der Waals surface area contributed by atoms with Crippen LogP contribution in [0.3, 0.4) is 0 Å². The summed E-state index contributed by atoms with van der Waals surface area (Å²) in [7, 11) is 0. The Morgan fingerprint density at radius 1 is 1.29 bits per heavy atom. The van der Waals surface area contributed by atoms with Crippen LogP contribution in [-0.4, -0.2) is 15.9 Å². The van der Waals surface area contributed by atoms with Gasteiger partial charge in [0.1, 0.15) is 12.1 Å². The first-order valence-corrected chi connectivity index (χ1v) is 4.59. The van der Waals surface area contributed by atoms with Gasteiger partial charge in [0, 0.05) is 0 Å². The number of anilines is 1. The predicted octanol–water partition coefficient (Wildman–Crippen LogP) is 0.671. The molecule has 1 heterocycles. The quantitative estimate of drug-likeness (QED) is 0.514. The molecule has 0 unspecified atom stereocenters. The number of hydrazone groups is 1. The summed E-state index contributed by atoms with van der Waals surface area (Å²) in [6.07, 6.45) is 0. The maximum absolute atomic E-state index is 11.2. The Bertz CT molecular complexity index is 708. The Balaban J connectivity index is 2.33. The number of hydrogen-bond acceptors (Lipinski definition) is 5. The fraction of sp³-hybridized carbons (Fsp3) is 0. The summed E-state index contributed by atoms with van der Waals surface area (Å²) >= 11 is 0. The molecule has 0 radical (unpaired) electrons. The molecule has 17 heavy (non-hydrogen) atoms. The summed E-state index contributed by atoms with van der Waals surface area (Å²) in [4.78, 5) is 11.2. The van der Waals surface area contributed by atoms with Crippen molar-refractivity contribution in [2.24, 2.45) is 5.10 Å². The van der Waals surface area contributed by atoms with Crippen molar-refractivity contribution in [1.29, 1.82) is 10.5 Å². The maximum atomic E-state index is 11.2. The van der Waals surface area contributed by atoms with Gasteiger partial charge in [-0.3, -0.25) is 20.4 Å². The summed E-state index contributed by atoms with van der Waals surface area (Å²) in [5.41, 5.74) is 3.26. The van der Waals surface area contributed by atoms with Crippen molar-refractivity contribution in [2.75, 3.05) is 5.43 Å². The van der Waals surface area contributed by atoms with E-state index in [-0.39, 0.29) is 11.3 Å². The topological polar surface area (TPSA) is 121 Å². The molecule has 2 rings (SSSR count). The van der Waals surface area contributed by atoms with Crippen molar-refractivity contribution in [1.82, 2.24) is 10.2 Å². The third-order valence-corrected chi connectivity index (χ3v) is 2.08. The van der Waals surface area contributed by atoms with Crippen LogP contribution < -0.4 is 11.0 Å². The fourth-order valence-electron chi connectivity index (χ4n) is 1.30. The van der Waals surface area contributed by atoms with Crippen molar-refractivity contribution in [2.45, 2.75) is 0 Å². The van der Waals surface area contributed by atoms with Gasteiger partial charge in [0.2, 0.25) is 5.71 Å². The molecule has 0 aliphatic heterocycles. The van der Waals surface area contributed by atoms with Gasteiger partial charge in [-0.2, -0.15) is 15.6 Å². The number of aromatic amines is 2. The Labute approximate surface area is 95.0 Å². The van der Waals surface area contributed by atoms with E-state index < -0.39 is 0 Å². The van der Waals surface area contributed by atoms with Crippen LogP contribution in [-0.2, 0) is 0 Å². The summed E-state index contributed by atoms with van der Waals surface area (Å²) < 4.78 is 0. The van der Waals surface area contributed by atoms with Gasteiger partial charge in [-0.05, 0) is 18.2 Å². The molecule has 82 valence electrons. The average molecular weight is 226 g/mol. The van der Waals surface area contributed by atoms with Gasteiger partial charge in [0.25, 0.3) is 5.56 Å². The van der Waals surface area contributed by atoms with Gasteiger partial charge in [0.05, 0.1) is 16.6 Å². The first kappa shape index (κ1) is 10.5. The van der Waals surface area contributed by atoms with E-state index in [0.29, 0.717) is 16.6 Å². The molecule has 0 spiro atoms. The normalized spacial score (nSPS) is 9.29. The van der Waals surface area contributed by atoms with Gasteiger partial charge in [-0.15, -0.1) is 0 Å². The number of rotatable bonds is 2. The minimum Gasteiger partial charge on any atom is -0.297 e. The molecular weight excluding hydrogens is 220 g/mol. The molecule has 1 aromatic heterocycles. The van der Waals surface area contributed by atoms with E-state index >= 15 is 0 Å². The Morgan fingerprint density at radius 2 is 2.06 bits per heavy atom. The molecule has 2 aromatic rings. The Hall–Kier alpha value is -3.06. The monoisotopic (exact) mass is 226 g/mol. The second-order valence-corrected chi connectivity index (χ2v) is 3.14. The highest BCUT2D eigenvalue weighted by Crippen LogP contribution is 2.13. The molecule has 3 N–H and O–H groups in total. The Kier molecular flexibility index (Phi) is 2.59. The minimum absolute atomic E-state index is 0.204. The van der Waals surface area contributed by atoms with Crippen molar-refractivity contribution >= 4 is 22.3 Å². The van der Waals surface area contributed by atoms with Crippen LogP contribution in [0, 0.1) is 22.7 Å². The third-order valence-electron chi connectivity index (χ3n) is 2.08. The van der Waals surface area contributed by atoms with E-state index in [1.807, 2.05) is 0 Å². The van der Waals surface area contributed by atoms with E-state index in [4.69, 9.17) is 10.5 Å². The zero-order valence-electron chi connectivity index (χ0n) is 8.48. The lowest BCUT2D eigenvalue weighted by molar-refractivity contribution is 1.08. The van der Waals surface area contributed by atoms with Crippen molar-refractivity contribution < 1.29 is 0 Å². The first-order valence-electron chi connectivity index (χ1n) is 4.59. The van der Waals surface area contributed by atoms with Crippen LogP contribution in [0.4, 0.5) is 5.69 Å². The molecule has 0 atom stereocenters. The summed E-state index contributed by atoms with van der Waals surface area (Å²) in [5.74, 6) is 0. The fourth-order valence-corrected chi connectivity index (χ4v) is 1.30. The highest BCUT2D eigenvalue weighted by molar-refractivity contribution is 6.10. The smallest absolute Gasteiger partial charge is 0.271 e. The summed E-state index contributed by atoms with van der Waals surface area (Å²) in [5, 5.41) is 26.2. The van der Waals surface area contributed by atoms with Crippen LogP contribution >= 0.6 is 0 Å². The molecular formula is C10H6N6O. The zero-order valence-corrected chi connectivity index (χ0v) is 8.48. The molecule has 0 fully saturated rings. The SMILES string of the molecule is N#CC(C#N)=NNc1ccc2c(=O)[nH][nH]c2c1. The van der Waals surface area contributed by atoms with Gasteiger partial charge in [-0.1, -0.05) is 0 Å². The molecule has 7 heteroatoms. The number of nitrogens with one attached hydrogen (secondary N) is 3. The van der Waals surface area contributed by atoms with Crippen LogP contribution in [0.5, 0.6) is 0 Å². The van der Waals surface area contributed by atoms with Crippen LogP contribution in [0.2, 0.25) is 0 Å². The third kappa shape index (κ3) is 1.98. The summed E-state index contributed by atoms with van der Waals surface area (Å²) in [6.45, 7) is 0. The van der Waals surface area contributed by atoms with Crippen molar-refractivity contribution in [3.63, 3.8) is 0 Å². The highest BCUT2D eigenvalue weighted by Gasteiger charge is 2.01. The highest BCUT2D eigenvalue weighted by atomic mass is 16.1. The second-order valence-electron chi connectivity index (χ2n) is 3.14. The second kappa shape index (κ2) is 4.21. The van der Waals surface area contributed by atoms with E-state index in [1.165, 1.54) is 0 Å². The van der Waals surface area contributed by atoms with Gasteiger partial charge >= 0.3 is 0 Å². The molecule has 7 nitrogen and oxygen atoms in total. The zero-order chi connectivity index (χ0) is 12.3. The van der Waals surface area contributed by atoms with E-state index in [1.54, 1.807) is 30.3 Å². The largest absolute Gasteiger partial charge is 0.297 e. The maximum Gasteiger partial charge on any atom is 0.271 e. The van der Waals surface area contributed by atoms with Crippen molar-refractivity contribution in [3.8, 4) is 12.1 Å². The lowest BCUT2D eigenvalue weighted by atomic mass is 10.2. The van der Waals surface area contributed by atoms with Crippen molar-refractivity contribution in [3.05, 3.63) is 28.6 Å². The molecule has 0 aliphatic carbocycles. The number of benzene rings is 1. The van der Waals surface area contributed by atoms with Gasteiger partial charge in [0.15, 0.2) is 0 Å². The van der Waals surface area contributed by atoms with E-state index in [9.17, 15) is 4.79 Å².